The number of rotatable bonds is 11. The number of nitrogens with zero attached hydrogens (tertiary/aromatic N) is 1. The number of nitrogens with one attached hydrogen (secondary N) is 1. The van der Waals surface area contributed by atoms with Crippen LogP contribution >= 0.6 is 15.9 Å². The molecule has 1 N–H and O–H groups in total. The molecule has 0 unspecified atom stereocenters. The average Bonchev–Trinajstić information content (AvgIpc) is 2.73. The summed E-state index contributed by atoms with van der Waals surface area (Å²) in [5.41, 5.74) is 3.27. The number of unbranched alkanes of at least 4 members (excludes halogenated alkanes) is 2. The van der Waals surface area contributed by atoms with Crippen LogP contribution < -0.4 is 19.6 Å². The van der Waals surface area contributed by atoms with Gasteiger partial charge in [0.1, 0.15) is 17.2 Å². The van der Waals surface area contributed by atoms with E-state index < -0.39 is 6.10 Å². The van der Waals surface area contributed by atoms with Crippen LogP contribution in [0.4, 0.5) is 0 Å². The largest absolute Gasteiger partial charge is 0.497 e. The number of hydrogen-bond acceptors (Lipinski definition) is 5. The number of ether oxygens (including phenoxy) is 3. The molecule has 0 fully saturated rings. The van der Waals surface area contributed by atoms with Gasteiger partial charge in [-0.25, -0.2) is 5.43 Å². The van der Waals surface area contributed by atoms with Gasteiger partial charge in [0.15, 0.2) is 6.10 Å². The number of carbonyl (C=O) groups is 1. The molecule has 0 heterocycles. The van der Waals surface area contributed by atoms with Crippen LogP contribution in [0.1, 0.15) is 38.7 Å². The maximum absolute atomic E-state index is 12.2. The lowest BCUT2D eigenvalue weighted by Crippen LogP contribution is -2.33. The van der Waals surface area contributed by atoms with Gasteiger partial charge in [0.05, 0.1) is 19.9 Å². The van der Waals surface area contributed by atoms with Gasteiger partial charge in [-0.05, 0) is 55.8 Å². The fourth-order valence-electron chi connectivity index (χ4n) is 2.42. The minimum absolute atomic E-state index is 0.347. The average molecular weight is 463 g/mol. The molecule has 2 rings (SSSR count). The Hall–Kier alpha value is -2.54. The lowest BCUT2D eigenvalue weighted by atomic mass is 10.2. The van der Waals surface area contributed by atoms with Crippen molar-refractivity contribution in [3.8, 4) is 17.2 Å². The second kappa shape index (κ2) is 12.1. The van der Waals surface area contributed by atoms with Crippen molar-refractivity contribution in [1.82, 2.24) is 5.43 Å². The lowest BCUT2D eigenvalue weighted by molar-refractivity contribution is -0.127. The van der Waals surface area contributed by atoms with Crippen molar-refractivity contribution < 1.29 is 19.0 Å². The number of hydrazone groups is 1. The summed E-state index contributed by atoms with van der Waals surface area (Å²) < 4.78 is 17.4. The van der Waals surface area contributed by atoms with Crippen LogP contribution in [0.3, 0.4) is 0 Å². The highest BCUT2D eigenvalue weighted by atomic mass is 79.9. The van der Waals surface area contributed by atoms with Crippen LogP contribution in [0.15, 0.2) is 52.0 Å². The van der Waals surface area contributed by atoms with E-state index in [1.54, 1.807) is 32.4 Å². The third-order valence-electron chi connectivity index (χ3n) is 4.10. The summed E-state index contributed by atoms with van der Waals surface area (Å²) in [6, 6.07) is 12.7. The number of halogens is 1. The Kier molecular flexibility index (Phi) is 9.50. The van der Waals surface area contributed by atoms with Gasteiger partial charge in [-0.1, -0.05) is 35.7 Å². The zero-order valence-corrected chi connectivity index (χ0v) is 18.6. The predicted octanol–water partition coefficient (Wildman–Crippen LogP) is 4.94. The normalized spacial score (nSPS) is 11.9. The molecule has 0 aliphatic rings. The molecule has 7 heteroatoms. The van der Waals surface area contributed by atoms with Gasteiger partial charge in [-0.15, -0.1) is 0 Å². The fourth-order valence-corrected chi connectivity index (χ4v) is 2.77. The molecule has 0 saturated heterocycles. The summed E-state index contributed by atoms with van der Waals surface area (Å²) in [5.74, 6) is 1.74. The van der Waals surface area contributed by atoms with E-state index in [9.17, 15) is 4.79 Å². The van der Waals surface area contributed by atoms with Gasteiger partial charge >= 0.3 is 0 Å². The van der Waals surface area contributed by atoms with Crippen LogP contribution in [0.5, 0.6) is 17.2 Å². The topological polar surface area (TPSA) is 69.2 Å². The van der Waals surface area contributed by atoms with E-state index in [-0.39, 0.29) is 5.91 Å². The highest BCUT2D eigenvalue weighted by Crippen LogP contribution is 2.21. The molecular weight excluding hydrogens is 436 g/mol. The maximum atomic E-state index is 12.2. The molecule has 2 aromatic rings. The molecule has 0 spiro atoms. The Balaban J connectivity index is 1.82. The number of methoxy groups -OCH3 is 1. The minimum atomic E-state index is -0.697. The molecule has 0 radical (unpaired) electrons. The number of amides is 1. The Morgan fingerprint density at radius 1 is 1.14 bits per heavy atom. The zero-order valence-electron chi connectivity index (χ0n) is 17.0. The first-order chi connectivity index (χ1) is 14.0. The molecule has 1 atom stereocenters. The van der Waals surface area contributed by atoms with Crippen LogP contribution in [-0.4, -0.2) is 31.9 Å². The van der Waals surface area contributed by atoms with Crippen LogP contribution in [0.25, 0.3) is 0 Å². The molecule has 0 aliphatic heterocycles. The van der Waals surface area contributed by atoms with Gasteiger partial charge in [0.25, 0.3) is 5.91 Å². The van der Waals surface area contributed by atoms with Gasteiger partial charge < -0.3 is 14.2 Å². The minimum Gasteiger partial charge on any atom is -0.497 e. The first-order valence-electron chi connectivity index (χ1n) is 9.59. The monoisotopic (exact) mass is 462 g/mol. The fraction of sp³-hybridized carbons (Fsp3) is 0.364. The molecule has 2 aromatic carbocycles. The molecular formula is C22H27BrN2O4. The zero-order chi connectivity index (χ0) is 21.1. The third kappa shape index (κ3) is 7.77. The highest BCUT2D eigenvalue weighted by molar-refractivity contribution is 9.10. The van der Waals surface area contributed by atoms with E-state index >= 15 is 0 Å². The quantitative estimate of drug-likeness (QED) is 0.291. The summed E-state index contributed by atoms with van der Waals surface area (Å²) in [4.78, 5) is 12.2. The van der Waals surface area contributed by atoms with Crippen molar-refractivity contribution >= 4 is 28.1 Å². The van der Waals surface area contributed by atoms with E-state index in [2.05, 4.69) is 33.4 Å². The van der Waals surface area contributed by atoms with Crippen molar-refractivity contribution in [2.45, 2.75) is 39.2 Å². The van der Waals surface area contributed by atoms with E-state index in [0.717, 1.165) is 35.0 Å². The summed E-state index contributed by atoms with van der Waals surface area (Å²) in [5, 5.41) is 3.99. The molecule has 1 amide bonds. The Morgan fingerprint density at radius 2 is 1.83 bits per heavy atom. The smallest absolute Gasteiger partial charge is 0.280 e. The maximum Gasteiger partial charge on any atom is 0.280 e. The molecule has 6 nitrogen and oxygen atoms in total. The van der Waals surface area contributed by atoms with E-state index in [1.165, 1.54) is 0 Å². The summed E-state index contributed by atoms with van der Waals surface area (Å²) >= 11 is 3.43. The first kappa shape index (κ1) is 22.7. The Morgan fingerprint density at radius 3 is 2.52 bits per heavy atom. The van der Waals surface area contributed by atoms with Crippen molar-refractivity contribution in [3.63, 3.8) is 0 Å². The third-order valence-corrected chi connectivity index (χ3v) is 4.83. The highest BCUT2D eigenvalue weighted by Gasteiger charge is 2.14. The van der Waals surface area contributed by atoms with Crippen LogP contribution in [0, 0.1) is 0 Å². The predicted molar refractivity (Wildman–Crippen MR) is 118 cm³/mol. The molecule has 0 aromatic heterocycles. The molecule has 29 heavy (non-hydrogen) atoms. The van der Waals surface area contributed by atoms with Crippen LogP contribution in [-0.2, 0) is 4.79 Å². The van der Waals surface area contributed by atoms with Gasteiger partial charge in [-0.2, -0.15) is 5.10 Å². The second-order valence-electron chi connectivity index (χ2n) is 6.41. The SMILES string of the molecule is CCCCCOc1ccc(O[C@@H](C)C(=O)N/N=C\c2cc(OC)ccc2Br)cc1. The van der Waals surface area contributed by atoms with E-state index in [1.807, 2.05) is 30.3 Å². The standard InChI is InChI=1S/C22H27BrN2O4/c1-4-5-6-13-28-18-7-9-19(10-8-18)29-16(2)22(26)25-24-15-17-14-20(27-3)11-12-21(17)23/h7-12,14-16H,4-6,13H2,1-3H3,(H,25,26)/b24-15-/t16-/m0/s1. The van der Waals surface area contributed by atoms with Crippen molar-refractivity contribution in [2.24, 2.45) is 5.10 Å². The molecule has 0 aliphatic carbocycles. The Bertz CT molecular complexity index is 809. The van der Waals surface area contributed by atoms with E-state index in [0.29, 0.717) is 18.1 Å². The van der Waals surface area contributed by atoms with Gasteiger partial charge in [0, 0.05) is 10.0 Å². The second-order valence-corrected chi connectivity index (χ2v) is 7.26. The number of benzene rings is 2. The van der Waals surface area contributed by atoms with Crippen molar-refractivity contribution in [1.29, 1.82) is 0 Å². The number of carbonyl (C=O) groups excluding carboxylic acids is 1. The van der Waals surface area contributed by atoms with Crippen molar-refractivity contribution in [2.75, 3.05) is 13.7 Å². The van der Waals surface area contributed by atoms with Crippen LogP contribution in [0.2, 0.25) is 0 Å². The van der Waals surface area contributed by atoms with Gasteiger partial charge in [-0.3, -0.25) is 4.79 Å². The lowest BCUT2D eigenvalue weighted by Gasteiger charge is -2.13. The number of hydrogen-bond donors (Lipinski definition) is 1. The van der Waals surface area contributed by atoms with Crippen molar-refractivity contribution in [3.05, 3.63) is 52.5 Å². The van der Waals surface area contributed by atoms with E-state index in [4.69, 9.17) is 14.2 Å². The molecule has 156 valence electrons. The molecule has 0 saturated carbocycles. The first-order valence-corrected chi connectivity index (χ1v) is 10.4. The molecule has 0 bridgehead atoms. The van der Waals surface area contributed by atoms with Gasteiger partial charge in [0.2, 0.25) is 0 Å². The summed E-state index contributed by atoms with van der Waals surface area (Å²) in [7, 11) is 1.59. The summed E-state index contributed by atoms with van der Waals surface area (Å²) in [6.45, 7) is 4.53. The Labute approximate surface area is 180 Å². The summed E-state index contributed by atoms with van der Waals surface area (Å²) in [6.07, 6.45) is 4.21.